The number of nitrogens with one attached hydrogen (secondary N) is 1. The van der Waals surface area contributed by atoms with Crippen molar-refractivity contribution in [2.75, 3.05) is 30.1 Å². The van der Waals surface area contributed by atoms with Crippen molar-refractivity contribution in [1.29, 1.82) is 0 Å². The molecule has 1 heterocycles. The molecule has 1 N–H and O–H groups in total. The lowest BCUT2D eigenvalue weighted by molar-refractivity contribution is -0.115. The van der Waals surface area contributed by atoms with Crippen LogP contribution in [0.25, 0.3) is 0 Å². The summed E-state index contributed by atoms with van der Waals surface area (Å²) in [7, 11) is 0.148. The van der Waals surface area contributed by atoms with Crippen LogP contribution in [0.2, 0.25) is 0 Å². The molecule has 0 fully saturated rings. The van der Waals surface area contributed by atoms with Gasteiger partial charge in [-0.25, -0.2) is 8.42 Å². The summed E-state index contributed by atoms with van der Waals surface area (Å²) in [6, 6.07) is 13.7. The zero-order chi connectivity index (χ0) is 22.6. The second kappa shape index (κ2) is 9.22. The minimum atomic E-state index is -3.29. The fourth-order valence-corrected chi connectivity index (χ4v) is 3.86. The first-order valence-corrected chi connectivity index (χ1v) is 11.6. The zero-order valence-electron chi connectivity index (χ0n) is 17.9. The molecule has 0 aliphatic carbocycles. The Bertz CT molecular complexity index is 1160. The third kappa shape index (κ3) is 5.64. The monoisotopic (exact) mass is 442 g/mol. The average molecular weight is 443 g/mol. The Balaban J connectivity index is 1.80. The van der Waals surface area contributed by atoms with Gasteiger partial charge in [0.25, 0.3) is 0 Å². The van der Waals surface area contributed by atoms with Crippen LogP contribution in [-0.2, 0) is 21.7 Å². The lowest BCUT2D eigenvalue weighted by Gasteiger charge is -2.30. The van der Waals surface area contributed by atoms with Gasteiger partial charge in [0.15, 0.2) is 9.84 Å². The predicted molar refractivity (Wildman–Crippen MR) is 120 cm³/mol. The first-order valence-electron chi connectivity index (χ1n) is 9.66. The number of aryl methyl sites for hydroxylation is 1. The molecule has 0 unspecified atom stereocenters. The highest BCUT2D eigenvalue weighted by Gasteiger charge is 2.21. The van der Waals surface area contributed by atoms with E-state index in [0.717, 1.165) is 23.3 Å². The average Bonchev–Trinajstić information content (AvgIpc) is 3.17. The van der Waals surface area contributed by atoms with E-state index in [1.165, 1.54) is 12.1 Å². The number of rotatable bonds is 8. The van der Waals surface area contributed by atoms with E-state index in [1.807, 2.05) is 49.3 Å². The molecular weight excluding hydrogens is 416 g/mol. The molecule has 9 heteroatoms. The number of nitrogens with zero attached hydrogens (tertiary/aromatic N) is 3. The van der Waals surface area contributed by atoms with Gasteiger partial charge in [-0.05, 0) is 48.9 Å². The van der Waals surface area contributed by atoms with E-state index < -0.39 is 9.84 Å². The van der Waals surface area contributed by atoms with Crippen molar-refractivity contribution < 1.29 is 17.9 Å². The van der Waals surface area contributed by atoms with Gasteiger partial charge < -0.3 is 15.0 Å². The van der Waals surface area contributed by atoms with Crippen molar-refractivity contribution in [3.05, 3.63) is 66.5 Å². The zero-order valence-corrected chi connectivity index (χ0v) is 18.8. The summed E-state index contributed by atoms with van der Waals surface area (Å²) < 4.78 is 30.2. The normalized spacial score (nSPS) is 12.3. The van der Waals surface area contributed by atoms with Gasteiger partial charge in [0.2, 0.25) is 5.91 Å². The third-order valence-electron chi connectivity index (χ3n) is 4.95. The Hall–Kier alpha value is -3.33. The topological polar surface area (TPSA) is 93.5 Å². The number of benzene rings is 2. The SMILES string of the molecule is COc1cccc([C@@H](C)N(CC(=O)Nc2ccc(S(C)(=O)=O)cc2)c2cnn(C)c2)c1. The highest BCUT2D eigenvalue weighted by molar-refractivity contribution is 7.90. The molecule has 31 heavy (non-hydrogen) atoms. The molecule has 0 radical (unpaired) electrons. The molecule has 0 aliphatic rings. The highest BCUT2D eigenvalue weighted by Crippen LogP contribution is 2.28. The maximum Gasteiger partial charge on any atom is 0.243 e. The summed E-state index contributed by atoms with van der Waals surface area (Å²) in [6.45, 7) is 2.09. The number of methoxy groups -OCH3 is 1. The van der Waals surface area contributed by atoms with Gasteiger partial charge in [0.1, 0.15) is 5.75 Å². The molecule has 0 bridgehead atoms. The maximum atomic E-state index is 12.8. The van der Waals surface area contributed by atoms with Crippen LogP contribution in [0.15, 0.2) is 65.8 Å². The van der Waals surface area contributed by atoms with Crippen molar-refractivity contribution in [1.82, 2.24) is 9.78 Å². The number of carbonyl (C=O) groups is 1. The molecule has 3 rings (SSSR count). The number of amides is 1. The van der Waals surface area contributed by atoms with Crippen LogP contribution in [0, 0.1) is 0 Å². The van der Waals surface area contributed by atoms with Gasteiger partial charge >= 0.3 is 0 Å². The summed E-state index contributed by atoms with van der Waals surface area (Å²) in [5.74, 6) is 0.511. The van der Waals surface area contributed by atoms with Crippen LogP contribution >= 0.6 is 0 Å². The molecular formula is C22H26N4O4S. The summed E-state index contributed by atoms with van der Waals surface area (Å²) in [6.07, 6.45) is 4.71. The molecule has 3 aromatic rings. The third-order valence-corrected chi connectivity index (χ3v) is 6.08. The van der Waals surface area contributed by atoms with Crippen LogP contribution < -0.4 is 15.0 Å². The molecule has 2 aromatic carbocycles. The second-order valence-electron chi connectivity index (χ2n) is 7.30. The smallest absolute Gasteiger partial charge is 0.243 e. The van der Waals surface area contributed by atoms with Crippen molar-refractivity contribution >= 4 is 27.1 Å². The number of aromatic nitrogens is 2. The molecule has 0 aliphatic heterocycles. The molecule has 0 saturated heterocycles. The quantitative estimate of drug-likeness (QED) is 0.576. The second-order valence-corrected chi connectivity index (χ2v) is 9.31. The molecule has 8 nitrogen and oxygen atoms in total. The fraction of sp³-hybridized carbons (Fsp3) is 0.273. The Labute approximate surface area is 182 Å². The van der Waals surface area contributed by atoms with Gasteiger partial charge in [-0.1, -0.05) is 12.1 Å². The van der Waals surface area contributed by atoms with Crippen molar-refractivity contribution in [3.8, 4) is 5.75 Å². The van der Waals surface area contributed by atoms with Gasteiger partial charge in [0, 0.05) is 25.2 Å². The molecule has 1 amide bonds. The minimum Gasteiger partial charge on any atom is -0.497 e. The molecule has 1 aromatic heterocycles. The van der Waals surface area contributed by atoms with E-state index in [9.17, 15) is 13.2 Å². The van der Waals surface area contributed by atoms with Gasteiger partial charge in [-0.2, -0.15) is 5.10 Å². The van der Waals surface area contributed by atoms with E-state index in [4.69, 9.17) is 4.74 Å². The summed E-state index contributed by atoms with van der Waals surface area (Å²) in [4.78, 5) is 15.0. The number of hydrogen-bond donors (Lipinski definition) is 1. The lowest BCUT2D eigenvalue weighted by atomic mass is 10.1. The Morgan fingerprint density at radius 2 is 1.94 bits per heavy atom. The first kappa shape index (κ1) is 22.4. The Morgan fingerprint density at radius 3 is 2.52 bits per heavy atom. The number of sulfone groups is 1. The van der Waals surface area contributed by atoms with Crippen molar-refractivity contribution in [3.63, 3.8) is 0 Å². The summed E-state index contributed by atoms with van der Waals surface area (Å²) >= 11 is 0. The van der Waals surface area contributed by atoms with Gasteiger partial charge in [-0.3, -0.25) is 9.48 Å². The van der Waals surface area contributed by atoms with Crippen molar-refractivity contribution in [2.45, 2.75) is 17.9 Å². The van der Waals surface area contributed by atoms with Gasteiger partial charge in [0.05, 0.1) is 36.5 Å². The summed E-state index contributed by atoms with van der Waals surface area (Å²) in [5.41, 5.74) is 2.33. The van der Waals surface area contributed by atoms with Crippen LogP contribution in [0.1, 0.15) is 18.5 Å². The number of carbonyl (C=O) groups excluding carboxylic acids is 1. The Morgan fingerprint density at radius 1 is 1.23 bits per heavy atom. The molecule has 0 saturated carbocycles. The molecule has 164 valence electrons. The number of hydrogen-bond acceptors (Lipinski definition) is 6. The molecule has 0 spiro atoms. The first-order chi connectivity index (χ1) is 14.7. The Kier molecular flexibility index (Phi) is 6.65. The minimum absolute atomic E-state index is 0.0812. The highest BCUT2D eigenvalue weighted by atomic mass is 32.2. The molecule has 1 atom stereocenters. The maximum absolute atomic E-state index is 12.8. The number of ether oxygens (including phenoxy) is 1. The largest absolute Gasteiger partial charge is 0.497 e. The van der Waals surface area contributed by atoms with E-state index in [2.05, 4.69) is 10.4 Å². The van der Waals surface area contributed by atoms with Crippen LogP contribution in [0.5, 0.6) is 5.75 Å². The van der Waals surface area contributed by atoms with Crippen molar-refractivity contribution in [2.24, 2.45) is 7.05 Å². The summed E-state index contributed by atoms with van der Waals surface area (Å²) in [5, 5.41) is 7.06. The van der Waals surface area contributed by atoms with Gasteiger partial charge in [-0.15, -0.1) is 0 Å². The van der Waals surface area contributed by atoms with E-state index in [1.54, 1.807) is 30.1 Å². The fourth-order valence-electron chi connectivity index (χ4n) is 3.23. The van der Waals surface area contributed by atoms with E-state index >= 15 is 0 Å². The number of anilines is 2. The van der Waals surface area contributed by atoms with Crippen LogP contribution in [0.3, 0.4) is 0 Å². The standard InChI is InChI=1S/C22H26N4O4S/c1-16(17-6-5-7-20(12-17)30-3)26(19-13-23-25(2)14-19)15-22(27)24-18-8-10-21(11-9-18)31(4,28)29/h5-14,16H,15H2,1-4H3,(H,24,27)/t16-/m1/s1. The van der Waals surface area contributed by atoms with Crippen LogP contribution in [0.4, 0.5) is 11.4 Å². The van der Waals surface area contributed by atoms with E-state index in [-0.39, 0.29) is 23.4 Å². The van der Waals surface area contributed by atoms with E-state index in [0.29, 0.717) is 5.69 Å². The lowest BCUT2D eigenvalue weighted by Crippen LogP contribution is -2.35. The predicted octanol–water partition coefficient (Wildman–Crippen LogP) is 3.04. The van der Waals surface area contributed by atoms with Crippen LogP contribution in [-0.4, -0.2) is 44.0 Å².